The van der Waals surface area contributed by atoms with Crippen molar-refractivity contribution in [3.05, 3.63) is 113 Å². The second-order valence-corrected chi connectivity index (χ2v) is 12.8. The van der Waals surface area contributed by atoms with Gasteiger partial charge in [-0.15, -0.1) is 0 Å². The maximum atomic E-state index is 14.4. The normalized spacial score (nSPS) is 30.3. The van der Waals surface area contributed by atoms with Crippen molar-refractivity contribution in [1.29, 1.82) is 0 Å². The van der Waals surface area contributed by atoms with Gasteiger partial charge in [-0.1, -0.05) is 86.2 Å². The Bertz CT molecular complexity index is 1770. The number of carbonyl (C=O) groups is 4. The summed E-state index contributed by atoms with van der Waals surface area (Å²) in [6.45, 7) is 4.14. The van der Waals surface area contributed by atoms with Crippen LogP contribution in [-0.4, -0.2) is 23.6 Å². The van der Waals surface area contributed by atoms with Crippen molar-refractivity contribution in [2.75, 3.05) is 9.80 Å². The first-order valence-corrected chi connectivity index (χ1v) is 15.8. The van der Waals surface area contributed by atoms with Crippen molar-refractivity contribution in [2.45, 2.75) is 33.1 Å². The zero-order valence-electron chi connectivity index (χ0n) is 24.9. The molecule has 0 spiro atoms. The zero-order valence-corrected chi connectivity index (χ0v) is 24.9. The fourth-order valence-corrected chi connectivity index (χ4v) is 8.79. The van der Waals surface area contributed by atoms with Gasteiger partial charge in [0.2, 0.25) is 23.6 Å². The van der Waals surface area contributed by atoms with Crippen molar-refractivity contribution >= 4 is 40.6 Å². The summed E-state index contributed by atoms with van der Waals surface area (Å²) >= 11 is 0. The number of amides is 4. The highest BCUT2D eigenvalue weighted by molar-refractivity contribution is 6.24. The van der Waals surface area contributed by atoms with Gasteiger partial charge in [-0.05, 0) is 71.7 Å². The Morgan fingerprint density at radius 1 is 0.591 bits per heavy atom. The molecule has 7 atom stereocenters. The lowest BCUT2D eigenvalue weighted by molar-refractivity contribution is -0.129. The summed E-state index contributed by atoms with van der Waals surface area (Å²) in [5.74, 6) is -3.89. The molecule has 0 N–H and O–H groups in total. The molecular weight excluding hydrogens is 548 g/mol. The fraction of sp³-hybridized carbons (Fsp3) is 0.316. The molecule has 9 rings (SSSR count). The maximum absolute atomic E-state index is 14.4. The number of imide groups is 2. The van der Waals surface area contributed by atoms with E-state index < -0.39 is 23.7 Å². The highest BCUT2D eigenvalue weighted by Gasteiger charge is 2.67. The van der Waals surface area contributed by atoms with Crippen molar-refractivity contribution in [1.82, 2.24) is 0 Å². The maximum Gasteiger partial charge on any atom is 0.238 e. The molecule has 2 aliphatic heterocycles. The van der Waals surface area contributed by atoms with Crippen LogP contribution in [0.2, 0.25) is 0 Å². The molecule has 220 valence electrons. The largest absolute Gasteiger partial charge is 0.274 e. The summed E-state index contributed by atoms with van der Waals surface area (Å²) in [5.41, 5.74) is 6.60. The van der Waals surface area contributed by atoms with Gasteiger partial charge in [0.25, 0.3) is 0 Å². The molecule has 3 aromatic carbocycles. The second kappa shape index (κ2) is 9.98. The van der Waals surface area contributed by atoms with Crippen LogP contribution in [0.5, 0.6) is 0 Å². The van der Waals surface area contributed by atoms with Gasteiger partial charge >= 0.3 is 0 Å². The van der Waals surface area contributed by atoms with E-state index in [1.54, 1.807) is 0 Å². The van der Waals surface area contributed by atoms with Gasteiger partial charge in [-0.2, -0.15) is 0 Å². The SMILES string of the molecule is CCc1ccc(N2C(=O)[C@H]3[C@@H]4C=C[C@H](C5=C(c6ccccc6)C[C@H]6C(=O)N(c7ccc(CC)cc7)C(=O)[C@@H]6[C@@H]54)[C@H]3C2=O)cc1. The second-order valence-electron chi connectivity index (χ2n) is 12.8. The highest BCUT2D eigenvalue weighted by Crippen LogP contribution is 2.63. The number of rotatable bonds is 5. The van der Waals surface area contributed by atoms with Crippen LogP contribution < -0.4 is 9.80 Å². The molecule has 1 saturated carbocycles. The van der Waals surface area contributed by atoms with Crippen LogP contribution in [-0.2, 0) is 32.0 Å². The van der Waals surface area contributed by atoms with Gasteiger partial charge < -0.3 is 0 Å². The van der Waals surface area contributed by atoms with Crippen LogP contribution in [0.1, 0.15) is 37.0 Å². The van der Waals surface area contributed by atoms with Gasteiger partial charge in [0.1, 0.15) is 0 Å². The Morgan fingerprint density at radius 2 is 1.14 bits per heavy atom. The predicted octanol–water partition coefficient (Wildman–Crippen LogP) is 6.01. The van der Waals surface area contributed by atoms with E-state index in [1.807, 2.05) is 66.7 Å². The number of carbonyl (C=O) groups excluding carboxylic acids is 4. The molecule has 6 nitrogen and oxygen atoms in total. The van der Waals surface area contributed by atoms with Gasteiger partial charge in [-0.3, -0.25) is 29.0 Å². The number of fused-ring (bicyclic) bond motifs is 1. The van der Waals surface area contributed by atoms with Crippen molar-refractivity contribution < 1.29 is 19.2 Å². The summed E-state index contributed by atoms with van der Waals surface area (Å²) in [4.78, 5) is 59.6. The number of hydrogen-bond donors (Lipinski definition) is 0. The van der Waals surface area contributed by atoms with Gasteiger partial charge in [0.05, 0.1) is 35.0 Å². The van der Waals surface area contributed by atoms with E-state index in [1.165, 1.54) is 9.80 Å². The van der Waals surface area contributed by atoms with E-state index in [0.717, 1.165) is 40.7 Å². The van der Waals surface area contributed by atoms with Crippen molar-refractivity contribution in [3.8, 4) is 0 Å². The molecule has 4 aliphatic carbocycles. The van der Waals surface area contributed by atoms with Crippen LogP contribution in [0.3, 0.4) is 0 Å². The molecule has 6 aliphatic rings. The van der Waals surface area contributed by atoms with Crippen LogP contribution in [0.15, 0.2) is 96.6 Å². The molecule has 6 heteroatoms. The molecule has 44 heavy (non-hydrogen) atoms. The minimum Gasteiger partial charge on any atom is -0.274 e. The van der Waals surface area contributed by atoms with E-state index in [0.29, 0.717) is 17.8 Å². The summed E-state index contributed by atoms with van der Waals surface area (Å²) in [7, 11) is 0. The Morgan fingerprint density at radius 3 is 1.73 bits per heavy atom. The van der Waals surface area contributed by atoms with Crippen LogP contribution in [0, 0.1) is 41.4 Å². The lowest BCUT2D eigenvalue weighted by Gasteiger charge is -2.51. The smallest absolute Gasteiger partial charge is 0.238 e. The topological polar surface area (TPSA) is 74.8 Å². The lowest BCUT2D eigenvalue weighted by atomic mass is 9.49. The Labute approximate surface area is 257 Å². The molecule has 3 fully saturated rings. The minimum absolute atomic E-state index is 0.171. The first-order chi connectivity index (χ1) is 21.4. The first-order valence-electron chi connectivity index (χ1n) is 15.8. The molecule has 0 radical (unpaired) electrons. The standard InChI is InChI=1S/C38H34N2O4/c1-3-21-10-14-24(15-11-21)39-35(41)29-20-28(23-8-6-5-7-9-23)30-26-18-19-27(31(30)34(29)38(39)44)33-32(26)36(42)40(37(33)43)25-16-12-22(4-2)13-17-25/h5-19,26-27,29,31-34H,3-4,20H2,1-2H3/t26-,27-,29-,31-,32-,33+,34+/m1/s1. The molecule has 2 bridgehead atoms. The summed E-state index contributed by atoms with van der Waals surface area (Å²) in [6.07, 6.45) is 6.34. The Kier molecular flexibility index (Phi) is 6.12. The molecule has 0 unspecified atom stereocenters. The third-order valence-corrected chi connectivity index (χ3v) is 10.8. The highest BCUT2D eigenvalue weighted by atomic mass is 16.2. The van der Waals surface area contributed by atoms with Gasteiger partial charge in [-0.25, -0.2) is 0 Å². The number of nitrogens with zero attached hydrogens (tertiary/aromatic N) is 2. The summed E-state index contributed by atoms with van der Waals surface area (Å²) in [5, 5.41) is 0. The molecule has 2 heterocycles. The van der Waals surface area contributed by atoms with Gasteiger partial charge in [0.15, 0.2) is 0 Å². The predicted molar refractivity (Wildman–Crippen MR) is 168 cm³/mol. The van der Waals surface area contributed by atoms with Crippen LogP contribution >= 0.6 is 0 Å². The van der Waals surface area contributed by atoms with Crippen LogP contribution in [0.25, 0.3) is 5.57 Å². The van der Waals surface area contributed by atoms with Crippen LogP contribution in [0.4, 0.5) is 11.4 Å². The first kappa shape index (κ1) is 27.0. The monoisotopic (exact) mass is 582 g/mol. The number of allylic oxidation sites excluding steroid dienone is 4. The number of hydrogen-bond acceptors (Lipinski definition) is 4. The average Bonchev–Trinajstić information content (AvgIpc) is 3.50. The van der Waals surface area contributed by atoms with E-state index >= 15 is 0 Å². The average molecular weight is 583 g/mol. The Balaban J connectivity index is 1.25. The van der Waals surface area contributed by atoms with E-state index in [9.17, 15) is 19.2 Å². The molecule has 2 saturated heterocycles. The third-order valence-electron chi connectivity index (χ3n) is 10.8. The molecular formula is C38H34N2O4. The number of anilines is 2. The van der Waals surface area contributed by atoms with Gasteiger partial charge in [0, 0.05) is 11.8 Å². The lowest BCUT2D eigenvalue weighted by Crippen LogP contribution is -2.51. The third kappa shape index (κ3) is 3.66. The van der Waals surface area contributed by atoms with E-state index in [4.69, 9.17) is 0 Å². The molecule has 3 aromatic rings. The summed E-state index contributed by atoms with van der Waals surface area (Å²) < 4.78 is 0. The van der Waals surface area contributed by atoms with Crippen molar-refractivity contribution in [3.63, 3.8) is 0 Å². The summed E-state index contributed by atoms with van der Waals surface area (Å²) in [6, 6.07) is 25.4. The quantitative estimate of drug-likeness (QED) is 0.273. The van der Waals surface area contributed by atoms with E-state index in [2.05, 4.69) is 38.1 Å². The minimum atomic E-state index is -0.574. The fourth-order valence-electron chi connectivity index (χ4n) is 8.79. The van der Waals surface area contributed by atoms with E-state index in [-0.39, 0.29) is 41.4 Å². The molecule has 4 amide bonds. The van der Waals surface area contributed by atoms with Crippen molar-refractivity contribution in [2.24, 2.45) is 41.4 Å². The number of aryl methyl sites for hydroxylation is 2. The number of benzene rings is 3. The zero-order chi connectivity index (χ0) is 30.3. The Hall–Kier alpha value is -4.58. The molecule has 0 aromatic heterocycles.